The first-order valence-corrected chi connectivity index (χ1v) is 9.84. The Labute approximate surface area is 189 Å². The number of nitrogens with zero attached hydrogens (tertiary/aromatic N) is 2. The van der Waals surface area contributed by atoms with Crippen LogP contribution < -0.4 is 20.3 Å². The van der Waals surface area contributed by atoms with Crippen LogP contribution in [0.2, 0.25) is 0 Å². The number of methoxy groups -OCH3 is 1. The number of rotatable bonds is 7. The van der Waals surface area contributed by atoms with Crippen molar-refractivity contribution in [1.82, 2.24) is 10.6 Å². The quantitative estimate of drug-likeness (QED) is 0.334. The minimum atomic E-state index is -0.229. The molecule has 2 N–H and O–H groups in total. The van der Waals surface area contributed by atoms with Crippen LogP contribution in [-0.2, 0) is 6.54 Å². The fraction of sp³-hybridized carbons (Fsp3) is 0.409. The molecule has 1 aliphatic heterocycles. The molecule has 0 aliphatic carbocycles. The summed E-state index contributed by atoms with van der Waals surface area (Å²) in [7, 11) is 1.71. The zero-order valence-corrected chi connectivity index (χ0v) is 19.4. The van der Waals surface area contributed by atoms with Crippen LogP contribution in [0.1, 0.15) is 18.9 Å². The molecule has 0 amide bonds. The van der Waals surface area contributed by atoms with E-state index in [-0.39, 0.29) is 29.8 Å². The molecule has 1 saturated heterocycles. The minimum Gasteiger partial charge on any atom is -0.495 e. The molecule has 0 bridgehead atoms. The Morgan fingerprint density at radius 2 is 2.03 bits per heavy atom. The van der Waals surface area contributed by atoms with Gasteiger partial charge in [-0.25, -0.2) is 9.38 Å². The molecule has 158 valence electrons. The van der Waals surface area contributed by atoms with Crippen LogP contribution >= 0.6 is 24.0 Å². The van der Waals surface area contributed by atoms with E-state index in [1.54, 1.807) is 13.2 Å². The van der Waals surface area contributed by atoms with Gasteiger partial charge in [0.1, 0.15) is 11.6 Å². The lowest BCUT2D eigenvalue weighted by Gasteiger charge is -2.21. The number of halogens is 2. The first-order valence-electron chi connectivity index (χ1n) is 9.84. The van der Waals surface area contributed by atoms with E-state index in [0.717, 1.165) is 55.6 Å². The molecule has 1 fully saturated rings. The third kappa shape index (κ3) is 6.76. The van der Waals surface area contributed by atoms with Gasteiger partial charge in [-0.1, -0.05) is 24.3 Å². The maximum Gasteiger partial charge on any atom is 0.191 e. The average molecular weight is 512 g/mol. The summed E-state index contributed by atoms with van der Waals surface area (Å²) in [4.78, 5) is 6.96. The highest BCUT2D eigenvalue weighted by molar-refractivity contribution is 14.0. The first kappa shape index (κ1) is 23.3. The lowest BCUT2D eigenvalue weighted by Crippen LogP contribution is -2.40. The van der Waals surface area contributed by atoms with Crippen molar-refractivity contribution < 1.29 is 9.13 Å². The zero-order chi connectivity index (χ0) is 19.8. The van der Waals surface area contributed by atoms with E-state index in [2.05, 4.69) is 26.6 Å². The molecule has 5 nitrogen and oxygen atoms in total. The number of ether oxygens (including phenoxy) is 1. The number of guanidine groups is 1. The first-order chi connectivity index (χ1) is 13.7. The van der Waals surface area contributed by atoms with Gasteiger partial charge in [0.05, 0.1) is 19.3 Å². The van der Waals surface area contributed by atoms with Gasteiger partial charge < -0.3 is 20.3 Å². The van der Waals surface area contributed by atoms with Crippen LogP contribution in [0.4, 0.5) is 10.1 Å². The van der Waals surface area contributed by atoms with Crippen molar-refractivity contribution in [3.63, 3.8) is 0 Å². The maximum absolute atomic E-state index is 13.3. The number of benzene rings is 2. The van der Waals surface area contributed by atoms with E-state index in [9.17, 15) is 4.39 Å². The highest BCUT2D eigenvalue weighted by Crippen LogP contribution is 2.31. The molecule has 2 aromatic carbocycles. The Morgan fingerprint density at radius 1 is 1.21 bits per heavy atom. The molecule has 2 aromatic rings. The van der Waals surface area contributed by atoms with Gasteiger partial charge in [0.25, 0.3) is 0 Å². The van der Waals surface area contributed by atoms with E-state index in [4.69, 9.17) is 4.74 Å². The lowest BCUT2D eigenvalue weighted by atomic mass is 10.1. The summed E-state index contributed by atoms with van der Waals surface area (Å²) in [5.41, 5.74) is 2.01. The SMILES string of the molecule is CCNC(=NCc1cccc(F)c1)NCC1CCN(c2ccccc2OC)C1.I. The number of hydrogen-bond donors (Lipinski definition) is 2. The number of hydrogen-bond acceptors (Lipinski definition) is 3. The van der Waals surface area contributed by atoms with E-state index in [1.807, 2.05) is 31.2 Å². The molecule has 0 saturated carbocycles. The van der Waals surface area contributed by atoms with Crippen LogP contribution in [0.25, 0.3) is 0 Å². The molecular weight excluding hydrogens is 482 g/mol. The van der Waals surface area contributed by atoms with Crippen LogP contribution in [0, 0.1) is 11.7 Å². The molecule has 7 heteroatoms. The predicted octanol–water partition coefficient (Wildman–Crippen LogP) is 4.03. The lowest BCUT2D eigenvalue weighted by molar-refractivity contribution is 0.414. The van der Waals surface area contributed by atoms with Gasteiger partial charge in [0.15, 0.2) is 5.96 Å². The number of para-hydroxylation sites is 2. The van der Waals surface area contributed by atoms with Crippen LogP contribution in [0.3, 0.4) is 0 Å². The summed E-state index contributed by atoms with van der Waals surface area (Å²) in [5.74, 6) is 1.99. The summed E-state index contributed by atoms with van der Waals surface area (Å²) < 4.78 is 18.8. The van der Waals surface area contributed by atoms with Crippen molar-refractivity contribution in [1.29, 1.82) is 0 Å². The highest BCUT2D eigenvalue weighted by Gasteiger charge is 2.24. The number of anilines is 1. The molecule has 1 aliphatic rings. The van der Waals surface area contributed by atoms with Crippen molar-refractivity contribution in [3.8, 4) is 5.75 Å². The number of nitrogens with one attached hydrogen (secondary N) is 2. The van der Waals surface area contributed by atoms with Crippen molar-refractivity contribution in [2.75, 3.05) is 38.2 Å². The Hall–Kier alpha value is -2.03. The van der Waals surface area contributed by atoms with E-state index in [1.165, 1.54) is 12.1 Å². The van der Waals surface area contributed by atoms with Crippen molar-refractivity contribution in [3.05, 3.63) is 59.9 Å². The predicted molar refractivity (Wildman–Crippen MR) is 128 cm³/mol. The average Bonchev–Trinajstić information content (AvgIpc) is 3.19. The van der Waals surface area contributed by atoms with Crippen LogP contribution in [0.5, 0.6) is 5.75 Å². The second-order valence-corrected chi connectivity index (χ2v) is 6.98. The molecular formula is C22H30FIN4O. The van der Waals surface area contributed by atoms with Gasteiger partial charge >= 0.3 is 0 Å². The smallest absolute Gasteiger partial charge is 0.191 e. The van der Waals surface area contributed by atoms with Gasteiger partial charge in [0, 0.05) is 26.2 Å². The number of aliphatic imine (C=N–C) groups is 1. The normalized spacial score (nSPS) is 16.3. The molecule has 0 radical (unpaired) electrons. The summed E-state index contributed by atoms with van der Waals surface area (Å²) >= 11 is 0. The third-order valence-corrected chi connectivity index (χ3v) is 4.92. The molecule has 0 aromatic heterocycles. The summed E-state index contributed by atoms with van der Waals surface area (Å²) in [5, 5.41) is 6.70. The molecule has 1 atom stereocenters. The fourth-order valence-electron chi connectivity index (χ4n) is 3.50. The van der Waals surface area contributed by atoms with Gasteiger partial charge in [-0.05, 0) is 49.1 Å². The molecule has 0 spiro atoms. The van der Waals surface area contributed by atoms with Gasteiger partial charge in [-0.15, -0.1) is 24.0 Å². The molecule has 29 heavy (non-hydrogen) atoms. The highest BCUT2D eigenvalue weighted by atomic mass is 127. The van der Waals surface area contributed by atoms with Crippen LogP contribution in [0.15, 0.2) is 53.5 Å². The van der Waals surface area contributed by atoms with Crippen molar-refractivity contribution in [2.45, 2.75) is 19.9 Å². The van der Waals surface area contributed by atoms with Gasteiger partial charge in [-0.2, -0.15) is 0 Å². The Kier molecular flexibility index (Phi) is 9.50. The van der Waals surface area contributed by atoms with E-state index >= 15 is 0 Å². The Bertz CT molecular complexity index is 802. The third-order valence-electron chi connectivity index (χ3n) is 4.92. The monoisotopic (exact) mass is 512 g/mol. The van der Waals surface area contributed by atoms with Crippen LogP contribution in [-0.4, -0.2) is 39.2 Å². The topological polar surface area (TPSA) is 48.9 Å². The Balaban J connectivity index is 0.00000300. The van der Waals surface area contributed by atoms with Gasteiger partial charge in [-0.3, -0.25) is 0 Å². The summed E-state index contributed by atoms with van der Waals surface area (Å²) in [6.45, 7) is 6.12. The molecule has 1 unspecified atom stereocenters. The van der Waals surface area contributed by atoms with Gasteiger partial charge in [0.2, 0.25) is 0 Å². The molecule has 3 rings (SSSR count). The van der Waals surface area contributed by atoms with Crippen molar-refractivity contribution in [2.24, 2.45) is 10.9 Å². The Morgan fingerprint density at radius 3 is 2.79 bits per heavy atom. The largest absolute Gasteiger partial charge is 0.495 e. The minimum absolute atomic E-state index is 0. The van der Waals surface area contributed by atoms with Crippen molar-refractivity contribution >= 4 is 35.6 Å². The van der Waals surface area contributed by atoms with E-state index < -0.39 is 0 Å². The summed E-state index contributed by atoms with van der Waals surface area (Å²) in [6, 6.07) is 14.7. The zero-order valence-electron chi connectivity index (χ0n) is 17.0. The standard InChI is InChI=1S/C22H29FN4O.HI/c1-3-24-22(25-14-17-7-6-8-19(23)13-17)26-15-18-11-12-27(16-18)20-9-4-5-10-21(20)28-2;/h4-10,13,18H,3,11-12,14-16H2,1-2H3,(H2,24,25,26);1H. The van der Waals surface area contributed by atoms with E-state index in [0.29, 0.717) is 12.5 Å². The molecule has 1 heterocycles. The second kappa shape index (κ2) is 11.8. The maximum atomic E-state index is 13.3. The second-order valence-electron chi connectivity index (χ2n) is 6.98. The fourth-order valence-corrected chi connectivity index (χ4v) is 3.50. The summed E-state index contributed by atoms with van der Waals surface area (Å²) in [6.07, 6.45) is 1.12.